The fourth-order valence-electron chi connectivity index (χ4n) is 3.11. The molecule has 0 amide bonds. The molecule has 0 radical (unpaired) electrons. The molecule has 1 atom stereocenters. The van der Waals surface area contributed by atoms with Gasteiger partial charge < -0.3 is 14.6 Å². The molecule has 1 aromatic heterocycles. The second-order valence-corrected chi connectivity index (χ2v) is 5.62. The molecule has 0 saturated carbocycles. The minimum Gasteiger partial charge on any atom is -0.367 e. The van der Waals surface area contributed by atoms with Crippen molar-refractivity contribution in [3.05, 3.63) is 11.7 Å². The van der Waals surface area contributed by atoms with Crippen LogP contribution in [0.5, 0.6) is 0 Å². The molecule has 1 unspecified atom stereocenters. The van der Waals surface area contributed by atoms with E-state index in [9.17, 15) is 0 Å². The quantitative estimate of drug-likeness (QED) is 0.832. The summed E-state index contributed by atoms with van der Waals surface area (Å²) in [6.07, 6.45) is 3.79. The van der Waals surface area contributed by atoms with E-state index in [1.54, 1.807) is 0 Å². The Kier molecular flexibility index (Phi) is 4.81. The summed E-state index contributed by atoms with van der Waals surface area (Å²) in [7, 11) is 0. The van der Waals surface area contributed by atoms with E-state index in [1.165, 1.54) is 0 Å². The SMILES string of the molecule is CCOC(CC)(CC)c1noc(C2(CC)CCNC2)n1. The van der Waals surface area contributed by atoms with Crippen molar-refractivity contribution >= 4 is 0 Å². The van der Waals surface area contributed by atoms with Crippen LogP contribution in [0.4, 0.5) is 0 Å². The lowest BCUT2D eigenvalue weighted by atomic mass is 9.84. The normalized spacial score (nSPS) is 23.4. The minimum atomic E-state index is -0.405. The van der Waals surface area contributed by atoms with Crippen LogP contribution in [-0.4, -0.2) is 29.8 Å². The number of hydrogen-bond donors (Lipinski definition) is 1. The maximum absolute atomic E-state index is 5.96. The Morgan fingerprint density at radius 2 is 2.05 bits per heavy atom. The van der Waals surface area contributed by atoms with Crippen LogP contribution in [0.15, 0.2) is 4.52 Å². The highest BCUT2D eigenvalue weighted by Gasteiger charge is 2.42. The highest BCUT2D eigenvalue weighted by atomic mass is 16.5. The molecule has 0 spiro atoms. The lowest BCUT2D eigenvalue weighted by Crippen LogP contribution is -2.31. The Morgan fingerprint density at radius 3 is 2.55 bits per heavy atom. The first-order chi connectivity index (χ1) is 9.66. The summed E-state index contributed by atoms with van der Waals surface area (Å²) >= 11 is 0. The van der Waals surface area contributed by atoms with Crippen LogP contribution in [0.1, 0.15) is 65.1 Å². The number of aromatic nitrogens is 2. The Labute approximate surface area is 121 Å². The Morgan fingerprint density at radius 1 is 1.30 bits per heavy atom. The molecule has 1 fully saturated rings. The second kappa shape index (κ2) is 6.22. The Balaban J connectivity index is 2.31. The largest absolute Gasteiger partial charge is 0.367 e. The molecule has 1 N–H and O–H groups in total. The molecule has 5 nitrogen and oxygen atoms in total. The molecule has 1 aliphatic rings. The van der Waals surface area contributed by atoms with Crippen molar-refractivity contribution in [1.29, 1.82) is 0 Å². The first kappa shape index (κ1) is 15.4. The van der Waals surface area contributed by atoms with Crippen molar-refractivity contribution < 1.29 is 9.26 Å². The minimum absolute atomic E-state index is 0.00465. The van der Waals surface area contributed by atoms with Crippen LogP contribution in [0.2, 0.25) is 0 Å². The predicted molar refractivity (Wildman–Crippen MR) is 77.6 cm³/mol. The van der Waals surface area contributed by atoms with Gasteiger partial charge in [0.25, 0.3) is 0 Å². The average molecular weight is 281 g/mol. The van der Waals surface area contributed by atoms with Gasteiger partial charge in [-0.3, -0.25) is 0 Å². The van der Waals surface area contributed by atoms with Gasteiger partial charge in [0.15, 0.2) is 0 Å². The molecule has 1 aliphatic heterocycles. The fraction of sp³-hybridized carbons (Fsp3) is 0.867. The van der Waals surface area contributed by atoms with Crippen molar-refractivity contribution in [2.45, 2.75) is 64.4 Å². The number of nitrogens with one attached hydrogen (secondary N) is 1. The van der Waals surface area contributed by atoms with Gasteiger partial charge in [-0.1, -0.05) is 25.9 Å². The van der Waals surface area contributed by atoms with E-state index in [-0.39, 0.29) is 5.41 Å². The number of hydrogen-bond acceptors (Lipinski definition) is 5. The molecule has 1 aromatic rings. The maximum atomic E-state index is 5.96. The molecule has 0 bridgehead atoms. The molecule has 0 aromatic carbocycles. The number of rotatable bonds is 7. The summed E-state index contributed by atoms with van der Waals surface area (Å²) in [6.45, 7) is 11.0. The summed E-state index contributed by atoms with van der Waals surface area (Å²) in [5.41, 5.74) is -0.401. The van der Waals surface area contributed by atoms with Gasteiger partial charge in [0, 0.05) is 13.2 Å². The van der Waals surface area contributed by atoms with Crippen LogP contribution in [0.25, 0.3) is 0 Å². The van der Waals surface area contributed by atoms with Crippen molar-refractivity contribution in [1.82, 2.24) is 15.5 Å². The van der Waals surface area contributed by atoms with E-state index in [4.69, 9.17) is 14.2 Å². The highest BCUT2D eigenvalue weighted by molar-refractivity contribution is 5.12. The third-order valence-corrected chi connectivity index (χ3v) is 4.77. The van der Waals surface area contributed by atoms with E-state index < -0.39 is 5.60 Å². The Hall–Kier alpha value is -0.940. The topological polar surface area (TPSA) is 60.2 Å². The van der Waals surface area contributed by atoms with Crippen LogP contribution in [-0.2, 0) is 15.8 Å². The van der Waals surface area contributed by atoms with Gasteiger partial charge >= 0.3 is 0 Å². The lowest BCUT2D eigenvalue weighted by Gasteiger charge is -2.28. The first-order valence-electron chi connectivity index (χ1n) is 7.85. The van der Waals surface area contributed by atoms with Crippen LogP contribution in [0, 0.1) is 0 Å². The lowest BCUT2D eigenvalue weighted by molar-refractivity contribution is -0.0583. The van der Waals surface area contributed by atoms with E-state index >= 15 is 0 Å². The zero-order valence-corrected chi connectivity index (χ0v) is 13.2. The zero-order valence-electron chi connectivity index (χ0n) is 13.2. The second-order valence-electron chi connectivity index (χ2n) is 5.62. The molecule has 1 saturated heterocycles. The molecular formula is C15H27N3O2. The summed E-state index contributed by atoms with van der Waals surface area (Å²) in [4.78, 5) is 4.73. The third-order valence-electron chi connectivity index (χ3n) is 4.77. The smallest absolute Gasteiger partial charge is 0.234 e. The predicted octanol–water partition coefficient (Wildman–Crippen LogP) is 2.76. The van der Waals surface area contributed by atoms with Gasteiger partial charge in [-0.25, -0.2) is 0 Å². The number of nitrogens with zero attached hydrogens (tertiary/aromatic N) is 2. The van der Waals surface area contributed by atoms with Crippen LogP contribution in [0.3, 0.4) is 0 Å². The monoisotopic (exact) mass is 281 g/mol. The molecular weight excluding hydrogens is 254 g/mol. The van der Waals surface area contributed by atoms with Crippen molar-refractivity contribution in [3.8, 4) is 0 Å². The van der Waals surface area contributed by atoms with Gasteiger partial charge in [0.05, 0.1) is 5.41 Å². The van der Waals surface area contributed by atoms with E-state index in [0.717, 1.165) is 44.7 Å². The van der Waals surface area contributed by atoms with Crippen LogP contribution >= 0.6 is 0 Å². The van der Waals surface area contributed by atoms with Crippen molar-refractivity contribution in [2.75, 3.05) is 19.7 Å². The van der Waals surface area contributed by atoms with E-state index in [2.05, 4.69) is 31.2 Å². The molecule has 114 valence electrons. The van der Waals surface area contributed by atoms with Crippen LogP contribution < -0.4 is 5.32 Å². The molecule has 0 aliphatic carbocycles. The van der Waals surface area contributed by atoms with Gasteiger partial charge in [-0.05, 0) is 39.2 Å². The summed E-state index contributed by atoms with van der Waals surface area (Å²) < 4.78 is 11.6. The Bertz CT molecular complexity index is 421. The van der Waals surface area contributed by atoms with E-state index in [1.807, 2.05) is 6.92 Å². The molecule has 2 heterocycles. The van der Waals surface area contributed by atoms with E-state index in [0.29, 0.717) is 12.4 Å². The van der Waals surface area contributed by atoms with Gasteiger partial charge in [-0.2, -0.15) is 4.98 Å². The van der Waals surface area contributed by atoms with Gasteiger partial charge in [0.2, 0.25) is 11.7 Å². The van der Waals surface area contributed by atoms with Gasteiger partial charge in [-0.15, -0.1) is 0 Å². The average Bonchev–Trinajstić information content (AvgIpc) is 3.14. The standard InChI is InChI=1S/C15H27N3O2/c1-5-14(9-10-16-11-14)13-17-12(18-20-13)15(6-2,7-3)19-8-4/h16H,5-11H2,1-4H3. The summed E-state index contributed by atoms with van der Waals surface area (Å²) in [5.74, 6) is 1.48. The summed E-state index contributed by atoms with van der Waals surface area (Å²) in [6, 6.07) is 0. The summed E-state index contributed by atoms with van der Waals surface area (Å²) in [5, 5.41) is 7.65. The molecule has 20 heavy (non-hydrogen) atoms. The highest BCUT2D eigenvalue weighted by Crippen LogP contribution is 2.36. The molecule has 5 heteroatoms. The third kappa shape index (κ3) is 2.49. The van der Waals surface area contributed by atoms with Crippen molar-refractivity contribution in [3.63, 3.8) is 0 Å². The zero-order chi connectivity index (χ0) is 14.6. The molecule has 2 rings (SSSR count). The first-order valence-corrected chi connectivity index (χ1v) is 7.85. The van der Waals surface area contributed by atoms with Crippen molar-refractivity contribution in [2.24, 2.45) is 0 Å². The number of ether oxygens (including phenoxy) is 1. The van der Waals surface area contributed by atoms with Gasteiger partial charge in [0.1, 0.15) is 5.60 Å². The fourth-order valence-corrected chi connectivity index (χ4v) is 3.11. The maximum Gasteiger partial charge on any atom is 0.234 e.